The Kier molecular flexibility index (Phi) is 5.44. The summed E-state index contributed by atoms with van der Waals surface area (Å²) < 4.78 is 12.4. The van der Waals surface area contributed by atoms with E-state index in [0.717, 1.165) is 35.0 Å². The van der Waals surface area contributed by atoms with Crippen LogP contribution in [0.3, 0.4) is 0 Å². The number of aryl methyl sites for hydroxylation is 1. The third-order valence-corrected chi connectivity index (χ3v) is 4.27. The van der Waals surface area contributed by atoms with E-state index in [2.05, 4.69) is 0 Å². The van der Waals surface area contributed by atoms with Crippen LogP contribution in [0.25, 0.3) is 11.1 Å². The molecular formula is C19H23NO4. The predicted molar refractivity (Wildman–Crippen MR) is 94.4 cm³/mol. The fourth-order valence-electron chi connectivity index (χ4n) is 2.80. The van der Waals surface area contributed by atoms with Gasteiger partial charge in [-0.2, -0.15) is 0 Å². The monoisotopic (exact) mass is 329 g/mol. The Labute approximate surface area is 141 Å². The van der Waals surface area contributed by atoms with Crippen molar-refractivity contribution in [1.29, 1.82) is 0 Å². The van der Waals surface area contributed by atoms with Gasteiger partial charge in [0.15, 0.2) is 6.29 Å². The van der Waals surface area contributed by atoms with Crippen molar-refractivity contribution < 1.29 is 14.3 Å². The van der Waals surface area contributed by atoms with Gasteiger partial charge in [0.05, 0.1) is 19.8 Å². The highest BCUT2D eigenvalue weighted by Gasteiger charge is 2.16. The zero-order chi connectivity index (χ0) is 17.9. The molecule has 2 rings (SSSR count). The van der Waals surface area contributed by atoms with Crippen LogP contribution in [-0.2, 0) is 6.54 Å². The molecule has 0 unspecified atom stereocenters. The molecule has 0 aliphatic rings. The molecule has 0 saturated heterocycles. The number of pyridine rings is 1. The number of methoxy groups -OCH3 is 2. The molecule has 0 aliphatic heterocycles. The summed E-state index contributed by atoms with van der Waals surface area (Å²) in [7, 11) is 3.03. The van der Waals surface area contributed by atoms with Gasteiger partial charge in [-0.05, 0) is 43.5 Å². The Morgan fingerprint density at radius 1 is 1.08 bits per heavy atom. The Morgan fingerprint density at radius 3 is 2.12 bits per heavy atom. The van der Waals surface area contributed by atoms with Gasteiger partial charge in [0.1, 0.15) is 11.5 Å². The Bertz CT molecular complexity index is 796. The van der Waals surface area contributed by atoms with E-state index in [0.29, 0.717) is 23.6 Å². The zero-order valence-electron chi connectivity index (χ0n) is 14.8. The first-order valence-corrected chi connectivity index (χ1v) is 7.90. The van der Waals surface area contributed by atoms with Crippen molar-refractivity contribution in [1.82, 2.24) is 4.57 Å². The molecule has 1 heterocycles. The third-order valence-electron chi connectivity index (χ3n) is 4.27. The number of rotatable bonds is 6. The molecule has 0 fully saturated rings. The molecule has 2 aromatic rings. The van der Waals surface area contributed by atoms with E-state index in [1.54, 1.807) is 16.7 Å². The summed E-state index contributed by atoms with van der Waals surface area (Å²) in [5, 5.41) is 0. The molecule has 1 aromatic heterocycles. The molecule has 24 heavy (non-hydrogen) atoms. The molecule has 0 bridgehead atoms. The van der Waals surface area contributed by atoms with Crippen LogP contribution in [-0.4, -0.2) is 25.1 Å². The minimum absolute atomic E-state index is 0.0292. The van der Waals surface area contributed by atoms with Crippen molar-refractivity contribution >= 4 is 6.29 Å². The van der Waals surface area contributed by atoms with Gasteiger partial charge < -0.3 is 14.0 Å². The molecule has 0 saturated carbocycles. The second-order valence-electron chi connectivity index (χ2n) is 5.70. The van der Waals surface area contributed by atoms with E-state index in [1.165, 1.54) is 14.2 Å². The van der Waals surface area contributed by atoms with Gasteiger partial charge >= 0.3 is 0 Å². The first-order chi connectivity index (χ1) is 11.5. The molecule has 5 nitrogen and oxygen atoms in total. The van der Waals surface area contributed by atoms with Crippen molar-refractivity contribution in [2.45, 2.75) is 33.7 Å². The van der Waals surface area contributed by atoms with Crippen LogP contribution in [0, 0.1) is 13.8 Å². The molecule has 0 amide bonds. The highest BCUT2D eigenvalue weighted by atomic mass is 16.5. The lowest BCUT2D eigenvalue weighted by molar-refractivity contribution is 0.111. The van der Waals surface area contributed by atoms with E-state index >= 15 is 0 Å². The number of aromatic nitrogens is 1. The number of nitrogens with zero attached hydrogens (tertiary/aromatic N) is 1. The van der Waals surface area contributed by atoms with E-state index in [9.17, 15) is 9.59 Å². The normalized spacial score (nSPS) is 10.5. The molecule has 5 heteroatoms. The smallest absolute Gasteiger partial charge is 0.253 e. The summed E-state index contributed by atoms with van der Waals surface area (Å²) in [4.78, 5) is 23.7. The summed E-state index contributed by atoms with van der Waals surface area (Å²) in [5.41, 5.74) is 3.81. The standard InChI is InChI=1S/C19H23NO4/c1-6-7-20-10-15(12(2)13(3)19(20)22)14-8-17(23-4)16(11-21)18(9-14)24-5/h8-11H,6-7H2,1-5H3. The second-order valence-corrected chi connectivity index (χ2v) is 5.70. The van der Waals surface area contributed by atoms with Gasteiger partial charge in [-0.3, -0.25) is 9.59 Å². The minimum atomic E-state index is 0.0292. The summed E-state index contributed by atoms with van der Waals surface area (Å²) in [6.07, 6.45) is 3.46. The lowest BCUT2D eigenvalue weighted by Crippen LogP contribution is -2.23. The minimum Gasteiger partial charge on any atom is -0.496 e. The van der Waals surface area contributed by atoms with Gasteiger partial charge in [-0.25, -0.2) is 0 Å². The predicted octanol–water partition coefficient (Wildman–Crippen LogP) is 3.37. The Hall–Kier alpha value is -2.56. The van der Waals surface area contributed by atoms with Crippen LogP contribution >= 0.6 is 0 Å². The molecule has 0 radical (unpaired) electrons. The van der Waals surface area contributed by atoms with E-state index in [4.69, 9.17) is 9.47 Å². The van der Waals surface area contributed by atoms with Crippen molar-refractivity contribution in [2.75, 3.05) is 14.2 Å². The van der Waals surface area contributed by atoms with Gasteiger partial charge in [0.2, 0.25) is 0 Å². The maximum absolute atomic E-state index is 12.4. The number of hydrogen-bond donors (Lipinski definition) is 0. The van der Waals surface area contributed by atoms with Crippen molar-refractivity contribution in [2.24, 2.45) is 0 Å². The largest absolute Gasteiger partial charge is 0.496 e. The summed E-state index contributed by atoms with van der Waals surface area (Å²) >= 11 is 0. The molecule has 128 valence electrons. The van der Waals surface area contributed by atoms with E-state index in [1.807, 2.05) is 27.0 Å². The van der Waals surface area contributed by atoms with Gasteiger partial charge in [-0.1, -0.05) is 6.92 Å². The van der Waals surface area contributed by atoms with Crippen molar-refractivity contribution in [3.05, 3.63) is 45.4 Å². The van der Waals surface area contributed by atoms with Crippen LogP contribution < -0.4 is 15.0 Å². The van der Waals surface area contributed by atoms with E-state index in [-0.39, 0.29) is 5.56 Å². The number of carbonyl (C=O) groups is 1. The van der Waals surface area contributed by atoms with Gasteiger partial charge in [0.25, 0.3) is 5.56 Å². The molecule has 0 aliphatic carbocycles. The second kappa shape index (κ2) is 7.34. The van der Waals surface area contributed by atoms with Gasteiger partial charge in [-0.15, -0.1) is 0 Å². The average Bonchev–Trinajstić information content (AvgIpc) is 2.60. The molecule has 1 aromatic carbocycles. The van der Waals surface area contributed by atoms with Crippen LogP contribution in [0.1, 0.15) is 34.8 Å². The summed E-state index contributed by atoms with van der Waals surface area (Å²) in [6, 6.07) is 3.60. The maximum atomic E-state index is 12.4. The zero-order valence-corrected chi connectivity index (χ0v) is 14.8. The molecule has 0 N–H and O–H groups in total. The number of carbonyl (C=O) groups excluding carboxylic acids is 1. The maximum Gasteiger partial charge on any atom is 0.253 e. The quantitative estimate of drug-likeness (QED) is 0.763. The lowest BCUT2D eigenvalue weighted by Gasteiger charge is -2.16. The van der Waals surface area contributed by atoms with Crippen LogP contribution in [0.2, 0.25) is 0 Å². The molecular weight excluding hydrogens is 306 g/mol. The topological polar surface area (TPSA) is 57.5 Å². The first kappa shape index (κ1) is 17.8. The fraction of sp³-hybridized carbons (Fsp3) is 0.368. The lowest BCUT2D eigenvalue weighted by atomic mass is 9.97. The number of ether oxygens (including phenoxy) is 2. The van der Waals surface area contributed by atoms with Crippen LogP contribution in [0.5, 0.6) is 11.5 Å². The summed E-state index contributed by atoms with van der Waals surface area (Å²) in [5.74, 6) is 0.897. The Balaban J connectivity index is 2.76. The SMILES string of the molecule is CCCn1cc(-c2cc(OC)c(C=O)c(OC)c2)c(C)c(C)c1=O. The highest BCUT2D eigenvalue weighted by molar-refractivity contribution is 5.87. The number of benzene rings is 1. The van der Waals surface area contributed by atoms with E-state index < -0.39 is 0 Å². The first-order valence-electron chi connectivity index (χ1n) is 7.90. The molecule has 0 spiro atoms. The van der Waals surface area contributed by atoms with Crippen LogP contribution in [0.15, 0.2) is 23.1 Å². The molecule has 0 atom stereocenters. The van der Waals surface area contributed by atoms with Gasteiger partial charge in [0, 0.05) is 23.9 Å². The highest BCUT2D eigenvalue weighted by Crippen LogP contribution is 2.35. The fourth-order valence-corrected chi connectivity index (χ4v) is 2.80. The number of hydrogen-bond acceptors (Lipinski definition) is 4. The number of aldehydes is 1. The summed E-state index contributed by atoms with van der Waals surface area (Å²) in [6.45, 7) is 6.45. The third kappa shape index (κ3) is 3.07. The average molecular weight is 329 g/mol. The van der Waals surface area contributed by atoms with Crippen molar-refractivity contribution in [3.8, 4) is 22.6 Å². The van der Waals surface area contributed by atoms with Crippen molar-refractivity contribution in [3.63, 3.8) is 0 Å². The van der Waals surface area contributed by atoms with Crippen LogP contribution in [0.4, 0.5) is 0 Å². The Morgan fingerprint density at radius 2 is 1.67 bits per heavy atom.